The van der Waals surface area contributed by atoms with Gasteiger partial charge in [-0.05, 0) is 36.2 Å². The molecule has 17 heavy (non-hydrogen) atoms. The molecule has 2 rings (SSSR count). The average Bonchev–Trinajstić information content (AvgIpc) is 2.89. The maximum Gasteiger partial charge on any atom is 0.119 e. The van der Waals surface area contributed by atoms with Crippen LogP contribution < -0.4 is 10.1 Å². The molecule has 3 heteroatoms. The second-order valence-corrected chi connectivity index (χ2v) is 4.10. The fraction of sp³-hybridized carbons (Fsp3) is 0.286. The molecule has 0 saturated carbocycles. The van der Waals surface area contributed by atoms with Gasteiger partial charge < -0.3 is 15.0 Å². The molecule has 1 aromatic heterocycles. The lowest BCUT2D eigenvalue weighted by molar-refractivity contribution is 0.413. The molecule has 1 atom stereocenters. The predicted octanol–water partition coefficient (Wildman–Crippen LogP) is 2.87. The molecule has 3 nitrogen and oxygen atoms in total. The first-order valence-corrected chi connectivity index (χ1v) is 5.78. The minimum atomic E-state index is 0.306. The van der Waals surface area contributed by atoms with Gasteiger partial charge in [0.05, 0.1) is 7.11 Å². The first-order chi connectivity index (χ1) is 8.29. The quantitative estimate of drug-likeness (QED) is 0.828. The molecule has 0 amide bonds. The zero-order valence-corrected chi connectivity index (χ0v) is 10.2. The molecule has 0 aliphatic rings. The Balaban J connectivity index is 1.96. The van der Waals surface area contributed by atoms with Crippen molar-refractivity contribution in [3.63, 3.8) is 0 Å². The van der Waals surface area contributed by atoms with Gasteiger partial charge >= 0.3 is 0 Å². The number of methoxy groups -OCH3 is 1. The number of H-pyrrole nitrogens is 1. The third-order valence-electron chi connectivity index (χ3n) is 2.87. The van der Waals surface area contributed by atoms with Gasteiger partial charge in [-0.3, -0.25) is 0 Å². The maximum absolute atomic E-state index is 5.22. The van der Waals surface area contributed by atoms with Crippen LogP contribution in [0.15, 0.2) is 42.7 Å². The van der Waals surface area contributed by atoms with Crippen molar-refractivity contribution in [1.29, 1.82) is 0 Å². The number of aromatic amines is 1. The van der Waals surface area contributed by atoms with Crippen LogP contribution >= 0.6 is 0 Å². The van der Waals surface area contributed by atoms with Crippen LogP contribution in [0.25, 0.3) is 0 Å². The molecule has 0 radical (unpaired) electrons. The van der Waals surface area contributed by atoms with Crippen LogP contribution in [0.2, 0.25) is 0 Å². The van der Waals surface area contributed by atoms with Crippen LogP contribution in [0.1, 0.15) is 24.1 Å². The van der Waals surface area contributed by atoms with Gasteiger partial charge in [0.1, 0.15) is 5.75 Å². The largest absolute Gasteiger partial charge is 0.497 e. The summed E-state index contributed by atoms with van der Waals surface area (Å²) in [5, 5.41) is 3.48. The normalized spacial score (nSPS) is 12.4. The highest BCUT2D eigenvalue weighted by Crippen LogP contribution is 2.18. The lowest BCUT2D eigenvalue weighted by atomic mass is 10.1. The molecular weight excluding hydrogens is 212 g/mol. The number of hydrogen-bond donors (Lipinski definition) is 2. The van der Waals surface area contributed by atoms with Crippen molar-refractivity contribution >= 4 is 0 Å². The van der Waals surface area contributed by atoms with E-state index < -0.39 is 0 Å². The van der Waals surface area contributed by atoms with Gasteiger partial charge in [0, 0.05) is 25.0 Å². The molecule has 0 aliphatic carbocycles. The molecular formula is C14H18N2O. The average molecular weight is 230 g/mol. The van der Waals surface area contributed by atoms with Crippen LogP contribution in [0.3, 0.4) is 0 Å². The van der Waals surface area contributed by atoms with Crippen molar-refractivity contribution in [3.8, 4) is 5.75 Å². The minimum Gasteiger partial charge on any atom is -0.497 e. The molecule has 1 unspecified atom stereocenters. The molecule has 1 aromatic carbocycles. The zero-order chi connectivity index (χ0) is 12.1. The van der Waals surface area contributed by atoms with Crippen molar-refractivity contribution in [2.24, 2.45) is 0 Å². The van der Waals surface area contributed by atoms with Gasteiger partial charge in [-0.1, -0.05) is 12.1 Å². The van der Waals surface area contributed by atoms with E-state index in [1.54, 1.807) is 7.11 Å². The van der Waals surface area contributed by atoms with Crippen LogP contribution in [0, 0.1) is 0 Å². The standard InChI is InChI=1S/C14H18N2O/c1-11(16-10-12-6-7-15-9-12)13-4-3-5-14(8-13)17-2/h3-9,11,15-16H,10H2,1-2H3. The first kappa shape index (κ1) is 11.7. The van der Waals surface area contributed by atoms with Gasteiger partial charge in [-0.25, -0.2) is 0 Å². The molecule has 2 N–H and O–H groups in total. The topological polar surface area (TPSA) is 37.0 Å². The van der Waals surface area contributed by atoms with E-state index in [1.165, 1.54) is 11.1 Å². The summed E-state index contributed by atoms with van der Waals surface area (Å²) in [4.78, 5) is 3.05. The van der Waals surface area contributed by atoms with Crippen LogP contribution in [0.5, 0.6) is 5.75 Å². The number of nitrogens with one attached hydrogen (secondary N) is 2. The Morgan fingerprint density at radius 2 is 2.24 bits per heavy atom. The van der Waals surface area contributed by atoms with Crippen molar-refractivity contribution < 1.29 is 4.74 Å². The van der Waals surface area contributed by atoms with Gasteiger partial charge in [-0.2, -0.15) is 0 Å². The number of rotatable bonds is 5. The number of benzene rings is 1. The number of aromatic nitrogens is 1. The van der Waals surface area contributed by atoms with E-state index in [-0.39, 0.29) is 0 Å². The van der Waals surface area contributed by atoms with Gasteiger partial charge in [0.2, 0.25) is 0 Å². The third kappa shape index (κ3) is 3.11. The van der Waals surface area contributed by atoms with Crippen molar-refractivity contribution in [3.05, 3.63) is 53.9 Å². The second-order valence-electron chi connectivity index (χ2n) is 4.10. The molecule has 0 fully saturated rings. The van der Waals surface area contributed by atoms with Gasteiger partial charge in [0.15, 0.2) is 0 Å². The van der Waals surface area contributed by atoms with Crippen LogP contribution in [-0.2, 0) is 6.54 Å². The highest BCUT2D eigenvalue weighted by Gasteiger charge is 2.05. The lowest BCUT2D eigenvalue weighted by Crippen LogP contribution is -2.17. The van der Waals surface area contributed by atoms with E-state index in [1.807, 2.05) is 24.5 Å². The fourth-order valence-corrected chi connectivity index (χ4v) is 1.77. The Morgan fingerprint density at radius 3 is 2.94 bits per heavy atom. The van der Waals surface area contributed by atoms with E-state index in [0.29, 0.717) is 6.04 Å². The SMILES string of the molecule is COc1cccc(C(C)NCc2cc[nH]c2)c1. The smallest absolute Gasteiger partial charge is 0.119 e. The molecule has 0 bridgehead atoms. The Labute approximate surface area is 102 Å². The summed E-state index contributed by atoms with van der Waals surface area (Å²) in [5.41, 5.74) is 2.50. The van der Waals surface area contributed by atoms with Crippen molar-refractivity contribution in [1.82, 2.24) is 10.3 Å². The summed E-state index contributed by atoms with van der Waals surface area (Å²) in [6.45, 7) is 3.02. The summed E-state index contributed by atoms with van der Waals surface area (Å²) >= 11 is 0. The third-order valence-corrected chi connectivity index (χ3v) is 2.87. The summed E-state index contributed by atoms with van der Waals surface area (Å²) in [6.07, 6.45) is 3.94. The van der Waals surface area contributed by atoms with Gasteiger partial charge in [-0.15, -0.1) is 0 Å². The number of hydrogen-bond acceptors (Lipinski definition) is 2. The highest BCUT2D eigenvalue weighted by atomic mass is 16.5. The zero-order valence-electron chi connectivity index (χ0n) is 10.2. The number of ether oxygens (including phenoxy) is 1. The van der Waals surface area contributed by atoms with Crippen LogP contribution in [-0.4, -0.2) is 12.1 Å². The van der Waals surface area contributed by atoms with E-state index in [9.17, 15) is 0 Å². The lowest BCUT2D eigenvalue weighted by Gasteiger charge is -2.14. The molecule has 0 aliphatic heterocycles. The maximum atomic E-state index is 5.22. The summed E-state index contributed by atoms with van der Waals surface area (Å²) < 4.78 is 5.22. The summed E-state index contributed by atoms with van der Waals surface area (Å²) in [7, 11) is 1.69. The molecule has 90 valence electrons. The fourth-order valence-electron chi connectivity index (χ4n) is 1.77. The Bertz CT molecular complexity index is 451. The van der Waals surface area contributed by atoms with Crippen molar-refractivity contribution in [2.45, 2.75) is 19.5 Å². The summed E-state index contributed by atoms with van der Waals surface area (Å²) in [5.74, 6) is 0.901. The monoisotopic (exact) mass is 230 g/mol. The van der Waals surface area contributed by atoms with Crippen LogP contribution in [0.4, 0.5) is 0 Å². The molecule has 1 heterocycles. The van der Waals surface area contributed by atoms with E-state index >= 15 is 0 Å². The first-order valence-electron chi connectivity index (χ1n) is 5.78. The van der Waals surface area contributed by atoms with Gasteiger partial charge in [0.25, 0.3) is 0 Å². The Hall–Kier alpha value is -1.74. The van der Waals surface area contributed by atoms with E-state index in [4.69, 9.17) is 4.74 Å². The minimum absolute atomic E-state index is 0.306. The van der Waals surface area contributed by atoms with E-state index in [0.717, 1.165) is 12.3 Å². The molecule has 0 spiro atoms. The predicted molar refractivity (Wildman–Crippen MR) is 69.0 cm³/mol. The Kier molecular flexibility index (Phi) is 3.83. The van der Waals surface area contributed by atoms with Crippen molar-refractivity contribution in [2.75, 3.05) is 7.11 Å². The molecule has 2 aromatic rings. The highest BCUT2D eigenvalue weighted by molar-refractivity contribution is 5.30. The summed E-state index contributed by atoms with van der Waals surface area (Å²) in [6, 6.07) is 10.5. The Morgan fingerprint density at radius 1 is 1.35 bits per heavy atom. The molecule has 0 saturated heterocycles. The second kappa shape index (κ2) is 5.55. The van der Waals surface area contributed by atoms with E-state index in [2.05, 4.69) is 35.4 Å².